The van der Waals surface area contributed by atoms with E-state index in [4.69, 9.17) is 0 Å². The predicted octanol–water partition coefficient (Wildman–Crippen LogP) is 4.84. The topological polar surface area (TPSA) is 72.2 Å². The van der Waals surface area contributed by atoms with Crippen LogP contribution in [0.1, 0.15) is 16.2 Å². The summed E-state index contributed by atoms with van der Waals surface area (Å²) in [4.78, 5) is 26.5. The Kier molecular flexibility index (Phi) is 3.88. The molecule has 4 heterocycles. The van der Waals surface area contributed by atoms with Crippen LogP contribution in [-0.4, -0.2) is 31.5 Å². The normalized spacial score (nSPS) is 11.6. The third kappa shape index (κ3) is 2.70. The zero-order valence-electron chi connectivity index (χ0n) is 14.4. The number of aromatic nitrogens is 4. The van der Waals surface area contributed by atoms with E-state index in [1.54, 1.807) is 27.5 Å². The van der Waals surface area contributed by atoms with Crippen LogP contribution in [0.3, 0.4) is 0 Å². The molecule has 0 fully saturated rings. The molecule has 0 saturated carbocycles. The van der Waals surface area contributed by atoms with Crippen molar-refractivity contribution >= 4 is 71.6 Å². The van der Waals surface area contributed by atoms with Gasteiger partial charge in [0.2, 0.25) is 0 Å². The van der Waals surface area contributed by atoms with Gasteiger partial charge < -0.3 is 0 Å². The van der Waals surface area contributed by atoms with Gasteiger partial charge in [0.05, 0.1) is 26.1 Å². The van der Waals surface area contributed by atoms with E-state index in [0.717, 1.165) is 30.4 Å². The fraction of sp³-hybridized carbons (Fsp3) is 0.111. The first-order chi connectivity index (χ1) is 13.1. The first-order valence-corrected chi connectivity index (χ1v) is 11.0. The largest absolute Gasteiger partial charge is 0.296 e. The van der Waals surface area contributed by atoms with Crippen molar-refractivity contribution in [2.75, 3.05) is 11.6 Å². The van der Waals surface area contributed by atoms with E-state index in [9.17, 15) is 4.79 Å². The van der Waals surface area contributed by atoms with Gasteiger partial charge >= 0.3 is 0 Å². The lowest BCUT2D eigenvalue weighted by Crippen LogP contribution is -2.15. The Morgan fingerprint density at radius 1 is 1.07 bits per heavy atom. The highest BCUT2D eigenvalue weighted by molar-refractivity contribution is 8.00. The predicted molar refractivity (Wildman–Crippen MR) is 112 cm³/mol. The number of nitrogens with zero attached hydrogens (tertiary/aromatic N) is 4. The fourth-order valence-corrected chi connectivity index (χ4v) is 5.69. The number of benzene rings is 1. The molecule has 0 spiro atoms. The minimum Gasteiger partial charge on any atom is -0.296 e. The quantitative estimate of drug-likeness (QED) is 0.430. The molecule has 9 heteroatoms. The van der Waals surface area contributed by atoms with Gasteiger partial charge in [0.25, 0.3) is 5.91 Å². The highest BCUT2D eigenvalue weighted by Crippen LogP contribution is 2.38. The molecule has 27 heavy (non-hydrogen) atoms. The second-order valence-corrected chi connectivity index (χ2v) is 8.95. The first kappa shape index (κ1) is 16.7. The molecule has 1 amide bonds. The molecule has 5 rings (SSSR count). The van der Waals surface area contributed by atoms with E-state index in [1.807, 2.05) is 49.7 Å². The third-order valence-electron chi connectivity index (χ3n) is 4.21. The first-order valence-electron chi connectivity index (χ1n) is 8.13. The summed E-state index contributed by atoms with van der Waals surface area (Å²) in [5.74, 6) is -0.212. The van der Waals surface area contributed by atoms with Gasteiger partial charge in [-0.1, -0.05) is 29.2 Å². The van der Waals surface area contributed by atoms with E-state index >= 15 is 0 Å². The van der Waals surface area contributed by atoms with Gasteiger partial charge in [-0.15, -0.1) is 11.3 Å². The molecule has 0 bridgehead atoms. The Labute approximate surface area is 166 Å². The number of thiazole rings is 2. The molecule has 134 valence electrons. The summed E-state index contributed by atoms with van der Waals surface area (Å²) < 4.78 is 4.98. The number of nitrogens with one attached hydrogen (secondary N) is 1. The Balaban J connectivity index is 1.55. The molecule has 4 aromatic heterocycles. The molecule has 0 radical (unpaired) electrons. The molecule has 1 N–H and O–H groups in total. The molecule has 0 aliphatic heterocycles. The highest BCUT2D eigenvalue weighted by Gasteiger charge is 2.19. The molecule has 0 atom stereocenters. The Hall–Kier alpha value is -2.49. The number of aryl methyl sites for hydroxylation is 1. The number of amides is 1. The summed E-state index contributed by atoms with van der Waals surface area (Å²) >= 11 is 4.77. The maximum atomic E-state index is 12.9. The van der Waals surface area contributed by atoms with Crippen LogP contribution in [0, 0.1) is 6.92 Å². The van der Waals surface area contributed by atoms with Crippen LogP contribution < -0.4 is 5.32 Å². The van der Waals surface area contributed by atoms with Crippen LogP contribution in [-0.2, 0) is 0 Å². The van der Waals surface area contributed by atoms with Crippen LogP contribution in [0.15, 0.2) is 40.9 Å². The molecule has 0 aliphatic carbocycles. The van der Waals surface area contributed by atoms with E-state index in [-0.39, 0.29) is 5.91 Å². The summed E-state index contributed by atoms with van der Waals surface area (Å²) in [6, 6.07) is 9.60. The lowest BCUT2D eigenvalue weighted by molar-refractivity contribution is 0.102. The lowest BCUT2D eigenvalue weighted by Gasteiger charge is -2.02. The van der Waals surface area contributed by atoms with Gasteiger partial charge in [0, 0.05) is 6.20 Å². The van der Waals surface area contributed by atoms with E-state index in [0.29, 0.717) is 16.5 Å². The van der Waals surface area contributed by atoms with Gasteiger partial charge in [0.1, 0.15) is 11.3 Å². The van der Waals surface area contributed by atoms with E-state index in [1.165, 1.54) is 11.3 Å². The van der Waals surface area contributed by atoms with Crippen LogP contribution in [0.25, 0.3) is 26.1 Å². The minimum atomic E-state index is -0.212. The average Bonchev–Trinajstić information content (AvgIpc) is 3.33. The number of carbonyl (C=O) groups excluding carboxylic acids is 1. The number of anilines is 1. The van der Waals surface area contributed by atoms with Crippen molar-refractivity contribution in [1.82, 2.24) is 19.4 Å². The van der Waals surface area contributed by atoms with Gasteiger partial charge in [-0.25, -0.2) is 15.0 Å². The molecule has 5 aromatic rings. The van der Waals surface area contributed by atoms with Gasteiger partial charge in [0.15, 0.2) is 9.47 Å². The summed E-state index contributed by atoms with van der Waals surface area (Å²) in [6.45, 7) is 1.84. The number of imidazole rings is 1. The maximum Gasteiger partial charge on any atom is 0.276 e. The fourth-order valence-electron chi connectivity index (χ4n) is 3.04. The van der Waals surface area contributed by atoms with E-state index < -0.39 is 0 Å². The monoisotopic (exact) mass is 411 g/mol. The van der Waals surface area contributed by atoms with Gasteiger partial charge in [-0.05, 0) is 37.4 Å². The zero-order chi connectivity index (χ0) is 18.5. The molecular weight excluding hydrogens is 398 g/mol. The van der Waals surface area contributed by atoms with Crippen LogP contribution >= 0.6 is 34.4 Å². The lowest BCUT2D eigenvalue weighted by atomic mass is 10.3. The van der Waals surface area contributed by atoms with Crippen molar-refractivity contribution in [3.63, 3.8) is 0 Å². The van der Waals surface area contributed by atoms with Crippen molar-refractivity contribution in [2.45, 2.75) is 11.3 Å². The molecular formula is C18H13N5OS3. The SMILES string of the molecule is CSc1nc2ccc3nc(NC(=O)c4c(C)nc5ccccn45)sc3c2s1. The Morgan fingerprint density at radius 3 is 2.67 bits per heavy atom. The van der Waals surface area contributed by atoms with E-state index in [2.05, 4.69) is 20.3 Å². The number of pyridine rings is 1. The van der Waals surface area contributed by atoms with Crippen molar-refractivity contribution in [3.8, 4) is 0 Å². The van der Waals surface area contributed by atoms with Crippen LogP contribution in [0.2, 0.25) is 0 Å². The third-order valence-corrected chi connectivity index (χ3v) is 7.41. The van der Waals surface area contributed by atoms with Crippen molar-refractivity contribution in [2.24, 2.45) is 0 Å². The summed E-state index contributed by atoms with van der Waals surface area (Å²) in [5.41, 5.74) is 3.80. The second-order valence-electron chi connectivity index (χ2n) is 5.89. The standard InChI is InChI=1S/C18H13N5OS3/c1-9-13(23-8-4-3-5-12(23)19-9)16(24)22-17-20-10-6-7-11-15(14(10)26-17)27-18(21-11)25-2/h3-8H,1-2H3,(H,20,22,24). The smallest absolute Gasteiger partial charge is 0.276 e. The van der Waals surface area contributed by atoms with Crippen LogP contribution in [0.5, 0.6) is 0 Å². The second kappa shape index (κ2) is 6.29. The maximum absolute atomic E-state index is 12.9. The number of carbonyl (C=O) groups is 1. The van der Waals surface area contributed by atoms with Crippen LogP contribution in [0.4, 0.5) is 5.13 Å². The average molecular weight is 412 g/mol. The molecule has 6 nitrogen and oxygen atoms in total. The molecule has 0 aliphatic rings. The van der Waals surface area contributed by atoms with Gasteiger partial charge in [-0.3, -0.25) is 14.5 Å². The van der Waals surface area contributed by atoms with Crippen molar-refractivity contribution in [3.05, 3.63) is 47.9 Å². The summed E-state index contributed by atoms with van der Waals surface area (Å²) in [6.07, 6.45) is 3.86. The number of fused-ring (bicyclic) bond motifs is 4. The minimum absolute atomic E-state index is 0.212. The van der Waals surface area contributed by atoms with Crippen molar-refractivity contribution < 1.29 is 4.79 Å². The Morgan fingerprint density at radius 2 is 1.85 bits per heavy atom. The highest BCUT2D eigenvalue weighted by atomic mass is 32.2. The number of rotatable bonds is 3. The number of hydrogen-bond donors (Lipinski definition) is 1. The summed E-state index contributed by atoms with van der Waals surface area (Å²) in [5, 5.41) is 3.51. The summed E-state index contributed by atoms with van der Waals surface area (Å²) in [7, 11) is 0. The van der Waals surface area contributed by atoms with Crippen molar-refractivity contribution in [1.29, 1.82) is 0 Å². The number of thioether (sulfide) groups is 1. The molecule has 0 unspecified atom stereocenters. The molecule has 0 saturated heterocycles. The molecule has 1 aromatic carbocycles. The van der Waals surface area contributed by atoms with Gasteiger partial charge in [-0.2, -0.15) is 0 Å². The number of hydrogen-bond acceptors (Lipinski definition) is 7. The Bertz CT molecular complexity index is 1330. The zero-order valence-corrected chi connectivity index (χ0v) is 16.8.